The van der Waals surface area contributed by atoms with Gasteiger partial charge in [-0.3, -0.25) is 4.79 Å². The van der Waals surface area contributed by atoms with E-state index in [2.05, 4.69) is 11.7 Å². The molecule has 0 unspecified atom stereocenters. The molecule has 7 heteroatoms. The molecule has 3 aromatic rings. The maximum Gasteiger partial charge on any atom is 0.280 e. The quantitative estimate of drug-likeness (QED) is 0.563. The Labute approximate surface area is 168 Å². The van der Waals surface area contributed by atoms with Crippen LogP contribution in [0.1, 0.15) is 21.8 Å². The smallest absolute Gasteiger partial charge is 0.280 e. The van der Waals surface area contributed by atoms with E-state index < -0.39 is 0 Å². The summed E-state index contributed by atoms with van der Waals surface area (Å²) in [5.74, 6) is 2.19. The number of anilines is 1. The Balaban J connectivity index is 1.71. The highest BCUT2D eigenvalue weighted by molar-refractivity contribution is 6.04. The lowest BCUT2D eigenvalue weighted by Crippen LogP contribution is -2.31. The Hall–Kier alpha value is -3.74. The number of para-hydroxylation sites is 1. The zero-order valence-corrected chi connectivity index (χ0v) is 16.0. The minimum Gasteiger partial charge on any atom is -0.489 e. The van der Waals surface area contributed by atoms with Crippen molar-refractivity contribution >= 4 is 11.6 Å². The number of ether oxygens (including phenoxy) is 3. The van der Waals surface area contributed by atoms with Crippen LogP contribution in [0.15, 0.2) is 65.7 Å². The molecule has 0 aliphatic carbocycles. The van der Waals surface area contributed by atoms with E-state index in [4.69, 9.17) is 18.7 Å². The largest absolute Gasteiger partial charge is 0.489 e. The molecular formula is C22H20N2O5. The number of carbonyl (C=O) groups is 1. The van der Waals surface area contributed by atoms with Crippen LogP contribution in [-0.2, 0) is 6.54 Å². The van der Waals surface area contributed by atoms with Gasteiger partial charge in [0.25, 0.3) is 5.91 Å². The maximum absolute atomic E-state index is 13.3. The van der Waals surface area contributed by atoms with E-state index in [-0.39, 0.29) is 24.9 Å². The lowest BCUT2D eigenvalue weighted by molar-refractivity contribution is 0.0976. The normalized spacial score (nSPS) is 11.9. The standard InChI is InChI=1S/C22H20N2O5/c1-3-10-26-19-7-5-4-6-16(19)13-24(22(25)18-11-15(2)29-23-18)17-8-9-20-21(12-17)28-14-27-20/h3-9,11-12H,1,10,13-14H2,2H3. The van der Waals surface area contributed by atoms with Gasteiger partial charge in [-0.25, -0.2) is 0 Å². The van der Waals surface area contributed by atoms with Crippen LogP contribution >= 0.6 is 0 Å². The first kappa shape index (κ1) is 18.6. The van der Waals surface area contributed by atoms with Crippen LogP contribution in [0, 0.1) is 6.92 Å². The van der Waals surface area contributed by atoms with Gasteiger partial charge in [0.1, 0.15) is 18.1 Å². The van der Waals surface area contributed by atoms with Gasteiger partial charge in [-0.05, 0) is 25.1 Å². The van der Waals surface area contributed by atoms with Crippen LogP contribution < -0.4 is 19.1 Å². The molecule has 0 N–H and O–H groups in total. The van der Waals surface area contributed by atoms with Gasteiger partial charge in [0.2, 0.25) is 6.79 Å². The first-order valence-electron chi connectivity index (χ1n) is 9.12. The maximum atomic E-state index is 13.3. The number of aromatic nitrogens is 1. The molecule has 0 atom stereocenters. The van der Waals surface area contributed by atoms with Crippen LogP contribution in [0.2, 0.25) is 0 Å². The van der Waals surface area contributed by atoms with Gasteiger partial charge in [-0.15, -0.1) is 0 Å². The first-order chi connectivity index (χ1) is 14.2. The zero-order valence-electron chi connectivity index (χ0n) is 16.0. The van der Waals surface area contributed by atoms with Gasteiger partial charge in [0.05, 0.1) is 6.54 Å². The molecule has 148 valence electrons. The minimum absolute atomic E-state index is 0.160. The van der Waals surface area contributed by atoms with Crippen molar-refractivity contribution in [3.63, 3.8) is 0 Å². The SMILES string of the molecule is C=CCOc1ccccc1CN(C(=O)c1cc(C)on1)c1ccc2c(c1)OCO2. The van der Waals surface area contributed by atoms with E-state index in [0.717, 1.165) is 5.56 Å². The summed E-state index contributed by atoms with van der Waals surface area (Å²) in [6, 6.07) is 14.6. The fraction of sp³-hybridized carbons (Fsp3) is 0.182. The number of rotatable bonds is 7. The predicted octanol–water partition coefficient (Wildman–Crippen LogP) is 4.12. The molecular weight excluding hydrogens is 372 g/mol. The van der Waals surface area contributed by atoms with Gasteiger partial charge in [-0.1, -0.05) is 36.0 Å². The third-order valence-corrected chi connectivity index (χ3v) is 4.42. The van der Waals surface area contributed by atoms with Gasteiger partial charge >= 0.3 is 0 Å². The Morgan fingerprint density at radius 1 is 1.21 bits per heavy atom. The lowest BCUT2D eigenvalue weighted by atomic mass is 10.1. The highest BCUT2D eigenvalue weighted by atomic mass is 16.7. The van der Waals surface area contributed by atoms with E-state index in [1.807, 2.05) is 30.3 Å². The van der Waals surface area contributed by atoms with Crippen molar-refractivity contribution in [2.45, 2.75) is 13.5 Å². The highest BCUT2D eigenvalue weighted by Crippen LogP contribution is 2.36. The summed E-state index contributed by atoms with van der Waals surface area (Å²) in [6.45, 7) is 6.23. The van der Waals surface area contributed by atoms with Crippen molar-refractivity contribution in [2.24, 2.45) is 0 Å². The van der Waals surface area contributed by atoms with Crippen molar-refractivity contribution in [2.75, 3.05) is 18.3 Å². The Morgan fingerprint density at radius 2 is 2.03 bits per heavy atom. The van der Waals surface area contributed by atoms with E-state index in [1.54, 1.807) is 36.1 Å². The minimum atomic E-state index is -0.292. The number of amides is 1. The third kappa shape index (κ3) is 3.94. The Kier molecular flexibility index (Phi) is 5.20. The molecule has 0 fully saturated rings. The Bertz CT molecular complexity index is 1040. The second-order valence-corrected chi connectivity index (χ2v) is 6.46. The van der Waals surface area contributed by atoms with E-state index in [0.29, 0.717) is 35.3 Å². The fourth-order valence-electron chi connectivity index (χ4n) is 3.03. The summed E-state index contributed by atoms with van der Waals surface area (Å²) in [5.41, 5.74) is 1.73. The van der Waals surface area contributed by atoms with E-state index in [9.17, 15) is 4.79 Å². The van der Waals surface area contributed by atoms with Crippen LogP contribution in [0.4, 0.5) is 5.69 Å². The summed E-state index contributed by atoms with van der Waals surface area (Å²) in [5, 5.41) is 3.88. The molecule has 7 nitrogen and oxygen atoms in total. The molecule has 1 aliphatic rings. The van der Waals surface area contributed by atoms with Crippen LogP contribution in [-0.4, -0.2) is 24.5 Å². The molecule has 29 heavy (non-hydrogen) atoms. The zero-order chi connectivity index (χ0) is 20.2. The van der Waals surface area contributed by atoms with Crippen molar-refractivity contribution in [3.05, 3.63) is 78.2 Å². The van der Waals surface area contributed by atoms with Crippen LogP contribution in [0.25, 0.3) is 0 Å². The third-order valence-electron chi connectivity index (χ3n) is 4.42. The fourth-order valence-corrected chi connectivity index (χ4v) is 3.03. The summed E-state index contributed by atoms with van der Waals surface area (Å²) in [6.07, 6.45) is 1.68. The molecule has 0 radical (unpaired) electrons. The summed E-state index contributed by atoms with van der Waals surface area (Å²) in [7, 11) is 0. The second-order valence-electron chi connectivity index (χ2n) is 6.46. The summed E-state index contributed by atoms with van der Waals surface area (Å²) < 4.78 is 21.7. The van der Waals surface area contributed by atoms with Crippen molar-refractivity contribution in [1.82, 2.24) is 5.16 Å². The molecule has 0 saturated carbocycles. The van der Waals surface area contributed by atoms with Crippen LogP contribution in [0.5, 0.6) is 17.2 Å². The lowest BCUT2D eigenvalue weighted by Gasteiger charge is -2.23. The number of fused-ring (bicyclic) bond motifs is 1. The van der Waals surface area contributed by atoms with E-state index in [1.165, 1.54) is 0 Å². The first-order valence-corrected chi connectivity index (χ1v) is 9.12. The number of aryl methyl sites for hydroxylation is 1. The topological polar surface area (TPSA) is 74.0 Å². The van der Waals surface area contributed by atoms with Crippen molar-refractivity contribution in [3.8, 4) is 17.2 Å². The number of carbonyl (C=O) groups excluding carboxylic acids is 1. The average molecular weight is 392 g/mol. The predicted molar refractivity (Wildman–Crippen MR) is 106 cm³/mol. The average Bonchev–Trinajstić information content (AvgIpc) is 3.39. The molecule has 0 saturated heterocycles. The molecule has 1 amide bonds. The summed E-state index contributed by atoms with van der Waals surface area (Å²) in [4.78, 5) is 14.9. The van der Waals surface area contributed by atoms with Crippen LogP contribution in [0.3, 0.4) is 0 Å². The molecule has 1 aromatic heterocycles. The molecule has 4 rings (SSSR count). The van der Waals surface area contributed by atoms with Gasteiger partial charge in [0.15, 0.2) is 17.2 Å². The molecule has 0 spiro atoms. The molecule has 2 heterocycles. The molecule has 2 aromatic carbocycles. The van der Waals surface area contributed by atoms with Gasteiger partial charge in [-0.2, -0.15) is 0 Å². The Morgan fingerprint density at radius 3 is 2.83 bits per heavy atom. The highest BCUT2D eigenvalue weighted by Gasteiger charge is 2.25. The van der Waals surface area contributed by atoms with Gasteiger partial charge < -0.3 is 23.6 Å². The molecule has 0 bridgehead atoms. The summed E-state index contributed by atoms with van der Waals surface area (Å²) >= 11 is 0. The number of nitrogens with zero attached hydrogens (tertiary/aromatic N) is 2. The van der Waals surface area contributed by atoms with Gasteiger partial charge in [0, 0.05) is 23.4 Å². The number of benzene rings is 2. The number of hydrogen-bond acceptors (Lipinski definition) is 6. The molecule has 1 aliphatic heterocycles. The monoisotopic (exact) mass is 392 g/mol. The number of hydrogen-bond donors (Lipinski definition) is 0. The van der Waals surface area contributed by atoms with Crippen molar-refractivity contribution < 1.29 is 23.5 Å². The van der Waals surface area contributed by atoms with E-state index >= 15 is 0 Å². The van der Waals surface area contributed by atoms with Crippen molar-refractivity contribution in [1.29, 1.82) is 0 Å². The second kappa shape index (κ2) is 8.10.